The zero-order valence-electron chi connectivity index (χ0n) is 8.65. The van der Waals surface area contributed by atoms with Crippen LogP contribution in [0, 0.1) is 6.92 Å². The molecule has 0 heterocycles. The lowest BCUT2D eigenvalue weighted by atomic mass is 9.96. The van der Waals surface area contributed by atoms with Crippen LogP contribution >= 0.6 is 0 Å². The Balaban J connectivity index is 3.39. The first-order valence-electron chi connectivity index (χ1n) is 4.78. The second-order valence-corrected chi connectivity index (χ2v) is 3.35. The molecule has 4 N–H and O–H groups in total. The third-order valence-corrected chi connectivity index (χ3v) is 2.61. The Hall–Kier alpha value is -1.18. The van der Waals surface area contributed by atoms with Gasteiger partial charge < -0.3 is 11.5 Å². The Bertz CT molecular complexity index is 316. The Kier molecular flexibility index (Phi) is 2.81. The van der Waals surface area contributed by atoms with Crippen LogP contribution in [-0.4, -0.2) is 0 Å². The topological polar surface area (TPSA) is 52.0 Å². The minimum absolute atomic E-state index is 0.812. The molecule has 0 spiro atoms. The van der Waals surface area contributed by atoms with E-state index in [1.165, 1.54) is 11.1 Å². The molecule has 72 valence electrons. The van der Waals surface area contributed by atoms with Crippen molar-refractivity contribution in [3.63, 3.8) is 0 Å². The molecule has 1 aromatic carbocycles. The third kappa shape index (κ3) is 1.62. The first-order chi connectivity index (χ1) is 6.11. The van der Waals surface area contributed by atoms with Crippen LogP contribution in [0.25, 0.3) is 0 Å². The van der Waals surface area contributed by atoms with E-state index in [4.69, 9.17) is 11.5 Å². The van der Waals surface area contributed by atoms with Crippen LogP contribution in [-0.2, 0) is 12.8 Å². The van der Waals surface area contributed by atoms with Crippen LogP contribution in [0.15, 0.2) is 6.07 Å². The molecule has 1 aromatic rings. The number of nitrogen functional groups attached to an aromatic ring is 2. The monoisotopic (exact) mass is 178 g/mol. The van der Waals surface area contributed by atoms with Gasteiger partial charge in [-0.2, -0.15) is 0 Å². The lowest BCUT2D eigenvalue weighted by Crippen LogP contribution is -2.04. The van der Waals surface area contributed by atoms with Crippen LogP contribution in [0.5, 0.6) is 0 Å². The van der Waals surface area contributed by atoms with E-state index in [-0.39, 0.29) is 0 Å². The number of benzene rings is 1. The fourth-order valence-corrected chi connectivity index (χ4v) is 1.67. The largest absolute Gasteiger partial charge is 0.398 e. The summed E-state index contributed by atoms with van der Waals surface area (Å²) in [4.78, 5) is 0. The minimum Gasteiger partial charge on any atom is -0.398 e. The fourth-order valence-electron chi connectivity index (χ4n) is 1.67. The molecule has 0 radical (unpaired) electrons. The van der Waals surface area contributed by atoms with E-state index in [2.05, 4.69) is 13.8 Å². The molecule has 0 aliphatic heterocycles. The zero-order chi connectivity index (χ0) is 10.0. The summed E-state index contributed by atoms with van der Waals surface area (Å²) in [6.45, 7) is 6.23. The smallest absolute Gasteiger partial charge is 0.0399 e. The third-order valence-electron chi connectivity index (χ3n) is 2.61. The molecule has 2 heteroatoms. The second-order valence-electron chi connectivity index (χ2n) is 3.35. The van der Waals surface area contributed by atoms with Gasteiger partial charge in [0.1, 0.15) is 0 Å². The van der Waals surface area contributed by atoms with Gasteiger partial charge in [-0.05, 0) is 42.5 Å². The zero-order valence-corrected chi connectivity index (χ0v) is 8.65. The SMILES string of the molecule is CCc1cc(N)c(C)c(N)c1CC. The predicted molar refractivity (Wildman–Crippen MR) is 58.8 cm³/mol. The summed E-state index contributed by atoms with van der Waals surface area (Å²) in [5, 5.41) is 0. The number of hydrogen-bond donors (Lipinski definition) is 2. The summed E-state index contributed by atoms with van der Waals surface area (Å²) < 4.78 is 0. The van der Waals surface area contributed by atoms with Gasteiger partial charge >= 0.3 is 0 Å². The van der Waals surface area contributed by atoms with Crippen LogP contribution in [0.3, 0.4) is 0 Å². The molecular formula is C11H18N2. The first kappa shape index (κ1) is 9.90. The molecule has 0 fully saturated rings. The first-order valence-corrected chi connectivity index (χ1v) is 4.78. The maximum Gasteiger partial charge on any atom is 0.0399 e. The van der Waals surface area contributed by atoms with Crippen LogP contribution in [0.1, 0.15) is 30.5 Å². The molecule has 13 heavy (non-hydrogen) atoms. The van der Waals surface area contributed by atoms with Gasteiger partial charge in [0, 0.05) is 11.4 Å². The molecule has 0 unspecified atom stereocenters. The van der Waals surface area contributed by atoms with Crippen LogP contribution in [0.4, 0.5) is 11.4 Å². The highest BCUT2D eigenvalue weighted by Crippen LogP contribution is 2.27. The van der Waals surface area contributed by atoms with E-state index in [0.29, 0.717) is 0 Å². The van der Waals surface area contributed by atoms with Crippen molar-refractivity contribution in [3.8, 4) is 0 Å². The van der Waals surface area contributed by atoms with E-state index in [0.717, 1.165) is 29.8 Å². The highest BCUT2D eigenvalue weighted by molar-refractivity contribution is 5.67. The molecule has 0 aliphatic rings. The van der Waals surface area contributed by atoms with Crippen molar-refractivity contribution in [1.29, 1.82) is 0 Å². The quantitative estimate of drug-likeness (QED) is 0.683. The number of rotatable bonds is 2. The van der Waals surface area contributed by atoms with E-state index in [9.17, 15) is 0 Å². The molecule has 0 bridgehead atoms. The van der Waals surface area contributed by atoms with Crippen molar-refractivity contribution >= 4 is 11.4 Å². The lowest BCUT2D eigenvalue weighted by Gasteiger charge is -2.14. The Morgan fingerprint density at radius 2 is 1.77 bits per heavy atom. The van der Waals surface area contributed by atoms with E-state index in [1.54, 1.807) is 0 Å². The molecule has 0 saturated carbocycles. The number of nitrogens with two attached hydrogens (primary N) is 2. The van der Waals surface area contributed by atoms with Gasteiger partial charge in [0.2, 0.25) is 0 Å². The molecule has 0 amide bonds. The summed E-state index contributed by atoms with van der Waals surface area (Å²) in [7, 11) is 0. The van der Waals surface area contributed by atoms with Gasteiger partial charge in [-0.3, -0.25) is 0 Å². The number of aryl methyl sites for hydroxylation is 1. The van der Waals surface area contributed by atoms with Gasteiger partial charge in [-0.1, -0.05) is 13.8 Å². The molecular weight excluding hydrogens is 160 g/mol. The van der Waals surface area contributed by atoms with Crippen LogP contribution in [0.2, 0.25) is 0 Å². The maximum absolute atomic E-state index is 5.99. The predicted octanol–water partition coefficient (Wildman–Crippen LogP) is 2.28. The van der Waals surface area contributed by atoms with Crippen molar-refractivity contribution in [2.75, 3.05) is 11.5 Å². The standard InChI is InChI=1S/C11H18N2/c1-4-8-6-10(12)7(3)11(13)9(8)5-2/h6H,4-5,12-13H2,1-3H3. The minimum atomic E-state index is 0.812. The molecule has 0 aromatic heterocycles. The summed E-state index contributed by atoms with van der Waals surface area (Å²) in [5.41, 5.74) is 17.1. The van der Waals surface area contributed by atoms with Gasteiger partial charge in [-0.15, -0.1) is 0 Å². The van der Waals surface area contributed by atoms with Crippen molar-refractivity contribution in [3.05, 3.63) is 22.8 Å². The Morgan fingerprint density at radius 1 is 1.15 bits per heavy atom. The van der Waals surface area contributed by atoms with Gasteiger partial charge in [-0.25, -0.2) is 0 Å². The molecule has 2 nitrogen and oxygen atoms in total. The fraction of sp³-hybridized carbons (Fsp3) is 0.455. The van der Waals surface area contributed by atoms with Crippen molar-refractivity contribution in [2.24, 2.45) is 0 Å². The molecule has 0 saturated heterocycles. The van der Waals surface area contributed by atoms with Crippen molar-refractivity contribution < 1.29 is 0 Å². The number of anilines is 2. The summed E-state index contributed by atoms with van der Waals surface area (Å²) in [6, 6.07) is 2.05. The highest BCUT2D eigenvalue weighted by Gasteiger charge is 2.08. The molecule has 1 rings (SSSR count). The molecule has 0 atom stereocenters. The average Bonchev–Trinajstić information content (AvgIpc) is 2.13. The normalized spacial score (nSPS) is 10.4. The van der Waals surface area contributed by atoms with Gasteiger partial charge in [0.15, 0.2) is 0 Å². The molecule has 0 aliphatic carbocycles. The lowest BCUT2D eigenvalue weighted by molar-refractivity contribution is 1.04. The summed E-state index contributed by atoms with van der Waals surface area (Å²) >= 11 is 0. The average molecular weight is 178 g/mol. The van der Waals surface area contributed by atoms with E-state index >= 15 is 0 Å². The Labute approximate surface area is 79.9 Å². The van der Waals surface area contributed by atoms with Crippen molar-refractivity contribution in [2.45, 2.75) is 33.6 Å². The summed E-state index contributed by atoms with van der Waals surface area (Å²) in [5.74, 6) is 0. The van der Waals surface area contributed by atoms with E-state index < -0.39 is 0 Å². The number of hydrogen-bond acceptors (Lipinski definition) is 2. The van der Waals surface area contributed by atoms with Crippen molar-refractivity contribution in [1.82, 2.24) is 0 Å². The summed E-state index contributed by atoms with van der Waals surface area (Å²) in [6.07, 6.45) is 1.98. The van der Waals surface area contributed by atoms with Gasteiger partial charge in [0.25, 0.3) is 0 Å². The van der Waals surface area contributed by atoms with Crippen LogP contribution < -0.4 is 11.5 Å². The van der Waals surface area contributed by atoms with Gasteiger partial charge in [0.05, 0.1) is 0 Å². The highest BCUT2D eigenvalue weighted by atomic mass is 14.6. The van der Waals surface area contributed by atoms with E-state index in [1.807, 2.05) is 13.0 Å². The maximum atomic E-state index is 5.99. The second kappa shape index (κ2) is 3.69. The Morgan fingerprint density at radius 3 is 2.23 bits per heavy atom.